The first-order valence-corrected chi connectivity index (χ1v) is 8.48. The third-order valence-electron chi connectivity index (χ3n) is 4.66. The highest BCUT2D eigenvalue weighted by Crippen LogP contribution is 2.19. The van der Waals surface area contributed by atoms with Crippen molar-refractivity contribution in [3.05, 3.63) is 35.4 Å². The number of benzene rings is 1. The van der Waals surface area contributed by atoms with Crippen molar-refractivity contribution in [3.63, 3.8) is 0 Å². The van der Waals surface area contributed by atoms with Crippen LogP contribution in [0.2, 0.25) is 0 Å². The molecule has 4 nitrogen and oxygen atoms in total. The third-order valence-corrected chi connectivity index (χ3v) is 4.66. The van der Waals surface area contributed by atoms with Crippen LogP contribution in [-0.4, -0.2) is 43.3 Å². The topological polar surface area (TPSA) is 34.0 Å². The molecule has 2 heterocycles. The third kappa shape index (κ3) is 3.80. The number of hydrogen-bond donors (Lipinski definition) is 1. The van der Waals surface area contributed by atoms with Gasteiger partial charge in [-0.3, -0.25) is 0 Å². The van der Waals surface area contributed by atoms with Crippen LogP contribution in [-0.2, 0) is 17.7 Å². The molecule has 3 rings (SSSR count). The lowest BCUT2D eigenvalue weighted by atomic mass is 10.0. The van der Waals surface area contributed by atoms with E-state index in [1.165, 1.54) is 16.0 Å². The van der Waals surface area contributed by atoms with E-state index in [1.54, 1.807) is 0 Å². The second-order valence-corrected chi connectivity index (χ2v) is 6.13. The van der Waals surface area contributed by atoms with Gasteiger partial charge in [-0.15, -0.1) is 0 Å². The molecular weight excluding hydrogens is 276 g/mol. The standard InChI is InChI=1S/C16H22N2O2.C2H6/c1-12-9-15(11-17(12)2)20-16(19)18-8-7-13-5-3-4-6-14(13)10-18;1-2/h3-6,12,15H,7-11H2,1-2H3;1-2H3/p+1. The number of amides is 1. The molecule has 1 saturated heterocycles. The van der Waals surface area contributed by atoms with Gasteiger partial charge >= 0.3 is 6.09 Å². The number of likely N-dealkylation sites (tertiary alicyclic amines) is 1. The molecule has 0 aliphatic carbocycles. The number of quaternary nitrogens is 1. The Balaban J connectivity index is 0.000000847. The highest BCUT2D eigenvalue weighted by atomic mass is 16.6. The van der Waals surface area contributed by atoms with E-state index in [4.69, 9.17) is 4.74 Å². The Morgan fingerprint density at radius 1 is 1.27 bits per heavy atom. The van der Waals surface area contributed by atoms with Gasteiger partial charge in [0.05, 0.1) is 13.1 Å². The highest BCUT2D eigenvalue weighted by molar-refractivity contribution is 5.68. The molecular formula is C18H29N2O2+. The first-order chi connectivity index (χ1) is 10.6. The number of hydrogen-bond acceptors (Lipinski definition) is 2. The van der Waals surface area contributed by atoms with Crippen LogP contribution in [0, 0.1) is 0 Å². The van der Waals surface area contributed by atoms with E-state index in [0.29, 0.717) is 12.6 Å². The summed E-state index contributed by atoms with van der Waals surface area (Å²) in [5, 5.41) is 0. The molecule has 0 aromatic heterocycles. The zero-order valence-electron chi connectivity index (χ0n) is 14.3. The Morgan fingerprint density at radius 3 is 2.59 bits per heavy atom. The Hall–Kier alpha value is -1.55. The van der Waals surface area contributed by atoms with Gasteiger partial charge in [0.1, 0.15) is 6.54 Å². The summed E-state index contributed by atoms with van der Waals surface area (Å²) in [5.74, 6) is 0. The molecule has 1 aromatic carbocycles. The Kier molecular flexibility index (Phi) is 5.83. The number of nitrogens with one attached hydrogen (secondary N) is 1. The molecule has 2 aliphatic rings. The van der Waals surface area contributed by atoms with E-state index in [1.807, 2.05) is 24.8 Å². The number of likely N-dealkylation sites (N-methyl/N-ethyl adjacent to an activating group) is 1. The minimum Gasteiger partial charge on any atom is -0.440 e. The Labute approximate surface area is 134 Å². The first-order valence-electron chi connectivity index (χ1n) is 8.48. The quantitative estimate of drug-likeness (QED) is 0.859. The maximum atomic E-state index is 12.3. The minimum atomic E-state index is -0.147. The zero-order chi connectivity index (χ0) is 16.1. The van der Waals surface area contributed by atoms with Crippen molar-refractivity contribution in [2.45, 2.75) is 52.3 Å². The normalized spacial score (nSPS) is 26.7. The van der Waals surface area contributed by atoms with Crippen LogP contribution < -0.4 is 4.90 Å². The van der Waals surface area contributed by atoms with Crippen molar-refractivity contribution in [3.8, 4) is 0 Å². The predicted molar refractivity (Wildman–Crippen MR) is 88.0 cm³/mol. The number of fused-ring (bicyclic) bond motifs is 1. The minimum absolute atomic E-state index is 0.0784. The molecule has 2 aliphatic heterocycles. The summed E-state index contributed by atoms with van der Waals surface area (Å²) in [7, 11) is 2.16. The molecule has 1 amide bonds. The van der Waals surface area contributed by atoms with Crippen molar-refractivity contribution in [1.29, 1.82) is 0 Å². The molecule has 3 unspecified atom stereocenters. The molecule has 3 atom stereocenters. The van der Waals surface area contributed by atoms with Gasteiger partial charge in [-0.25, -0.2) is 4.79 Å². The lowest BCUT2D eigenvalue weighted by Gasteiger charge is -2.28. The van der Waals surface area contributed by atoms with E-state index in [-0.39, 0.29) is 12.2 Å². The van der Waals surface area contributed by atoms with E-state index in [2.05, 4.69) is 32.2 Å². The van der Waals surface area contributed by atoms with Crippen molar-refractivity contribution in [2.24, 2.45) is 0 Å². The summed E-state index contributed by atoms with van der Waals surface area (Å²) >= 11 is 0. The van der Waals surface area contributed by atoms with Gasteiger partial charge in [-0.2, -0.15) is 0 Å². The van der Waals surface area contributed by atoms with Gasteiger partial charge in [0.2, 0.25) is 0 Å². The lowest BCUT2D eigenvalue weighted by Crippen LogP contribution is -3.10. The van der Waals surface area contributed by atoms with Gasteiger partial charge < -0.3 is 14.5 Å². The van der Waals surface area contributed by atoms with E-state index in [0.717, 1.165) is 25.9 Å². The maximum Gasteiger partial charge on any atom is 0.410 e. The number of ether oxygens (including phenoxy) is 1. The number of carbonyl (C=O) groups is 1. The molecule has 4 heteroatoms. The molecule has 0 spiro atoms. The summed E-state index contributed by atoms with van der Waals surface area (Å²) in [5.41, 5.74) is 2.61. The molecule has 122 valence electrons. The largest absolute Gasteiger partial charge is 0.440 e. The van der Waals surface area contributed by atoms with Crippen LogP contribution >= 0.6 is 0 Å². The number of nitrogens with zero attached hydrogens (tertiary/aromatic N) is 1. The van der Waals surface area contributed by atoms with Crippen LogP contribution in [0.5, 0.6) is 0 Å². The molecule has 0 saturated carbocycles. The number of carbonyl (C=O) groups excluding carboxylic acids is 1. The van der Waals surface area contributed by atoms with Crippen molar-refractivity contribution >= 4 is 6.09 Å². The smallest absolute Gasteiger partial charge is 0.410 e. The second-order valence-electron chi connectivity index (χ2n) is 6.13. The first kappa shape index (κ1) is 16.8. The van der Waals surface area contributed by atoms with Crippen molar-refractivity contribution < 1.29 is 14.4 Å². The highest BCUT2D eigenvalue weighted by Gasteiger charge is 2.34. The maximum absolute atomic E-state index is 12.3. The van der Waals surface area contributed by atoms with Crippen LogP contribution in [0.4, 0.5) is 4.79 Å². The van der Waals surface area contributed by atoms with E-state index in [9.17, 15) is 4.79 Å². The molecule has 1 fully saturated rings. The molecule has 0 bridgehead atoms. The average molecular weight is 305 g/mol. The molecule has 0 radical (unpaired) electrons. The molecule has 22 heavy (non-hydrogen) atoms. The summed E-state index contributed by atoms with van der Waals surface area (Å²) in [6.07, 6.45) is 1.83. The average Bonchev–Trinajstić information content (AvgIpc) is 2.86. The zero-order valence-corrected chi connectivity index (χ0v) is 14.3. The molecule has 1 aromatic rings. The van der Waals surface area contributed by atoms with Gasteiger partial charge in [-0.05, 0) is 24.5 Å². The van der Waals surface area contributed by atoms with Crippen molar-refractivity contribution in [2.75, 3.05) is 20.1 Å². The molecule has 1 N–H and O–H groups in total. The van der Waals surface area contributed by atoms with Gasteiger partial charge in [0.15, 0.2) is 6.10 Å². The van der Waals surface area contributed by atoms with Crippen LogP contribution in [0.3, 0.4) is 0 Å². The SMILES string of the molecule is CC.CC1CC(OC(=O)N2CCc3ccccc3C2)C[NH+]1C. The monoisotopic (exact) mass is 305 g/mol. The van der Waals surface area contributed by atoms with Gasteiger partial charge in [0, 0.05) is 19.5 Å². The summed E-state index contributed by atoms with van der Waals surface area (Å²) in [6, 6.07) is 8.92. The Morgan fingerprint density at radius 2 is 1.95 bits per heavy atom. The fourth-order valence-electron chi connectivity index (χ4n) is 3.20. The fourth-order valence-corrected chi connectivity index (χ4v) is 3.20. The van der Waals surface area contributed by atoms with E-state index < -0.39 is 0 Å². The van der Waals surface area contributed by atoms with Crippen LogP contribution in [0.25, 0.3) is 0 Å². The van der Waals surface area contributed by atoms with Crippen LogP contribution in [0.15, 0.2) is 24.3 Å². The van der Waals surface area contributed by atoms with E-state index >= 15 is 0 Å². The van der Waals surface area contributed by atoms with Crippen molar-refractivity contribution in [1.82, 2.24) is 4.90 Å². The summed E-state index contributed by atoms with van der Waals surface area (Å²) in [6.45, 7) is 8.58. The Bertz CT molecular complexity index is 494. The number of rotatable bonds is 1. The second kappa shape index (κ2) is 7.63. The summed E-state index contributed by atoms with van der Waals surface area (Å²) in [4.78, 5) is 15.6. The van der Waals surface area contributed by atoms with Gasteiger partial charge in [-0.1, -0.05) is 38.1 Å². The lowest BCUT2D eigenvalue weighted by molar-refractivity contribution is -0.891. The fraction of sp³-hybridized carbons (Fsp3) is 0.611. The van der Waals surface area contributed by atoms with Crippen LogP contribution in [0.1, 0.15) is 38.3 Å². The summed E-state index contributed by atoms with van der Waals surface area (Å²) < 4.78 is 5.67. The predicted octanol–water partition coefficient (Wildman–Crippen LogP) is 1.88. The van der Waals surface area contributed by atoms with Gasteiger partial charge in [0.25, 0.3) is 0 Å².